The van der Waals surface area contributed by atoms with Gasteiger partial charge in [-0.05, 0) is 42.8 Å². The molecule has 0 aliphatic carbocycles. The van der Waals surface area contributed by atoms with Gasteiger partial charge in [-0.3, -0.25) is 4.79 Å². The first kappa shape index (κ1) is 21.1. The number of aromatic nitrogens is 2. The zero-order valence-electron chi connectivity index (χ0n) is 17.3. The first-order chi connectivity index (χ1) is 15.1. The number of carbonyl (C=O) groups is 1. The van der Waals surface area contributed by atoms with E-state index in [-0.39, 0.29) is 17.5 Å². The maximum Gasteiger partial charge on any atom is 0.234 e. The minimum atomic E-state index is -0.339. The lowest BCUT2D eigenvalue weighted by Crippen LogP contribution is -2.46. The number of carbonyl (C=O) groups excluding carboxylic acids is 1. The van der Waals surface area contributed by atoms with Crippen molar-refractivity contribution in [1.82, 2.24) is 9.97 Å². The molecule has 0 spiro atoms. The van der Waals surface area contributed by atoms with Crippen LogP contribution in [0.25, 0.3) is 0 Å². The number of anilines is 3. The second-order valence-electron chi connectivity index (χ2n) is 7.31. The highest BCUT2D eigenvalue weighted by atomic mass is 32.2. The lowest BCUT2D eigenvalue weighted by atomic mass is 10.2. The van der Waals surface area contributed by atoms with Crippen LogP contribution in [0.15, 0.2) is 66.0 Å². The Kier molecular flexibility index (Phi) is 6.66. The molecule has 1 saturated heterocycles. The number of hydrogen-bond acceptors (Lipinski definition) is 6. The van der Waals surface area contributed by atoms with Gasteiger partial charge in [0.25, 0.3) is 0 Å². The summed E-state index contributed by atoms with van der Waals surface area (Å²) in [6.45, 7) is 5.27. The van der Waals surface area contributed by atoms with E-state index in [1.54, 1.807) is 25.3 Å². The van der Waals surface area contributed by atoms with Gasteiger partial charge in [0.05, 0.1) is 5.75 Å². The number of halogens is 1. The number of hydrogen-bond donors (Lipinski definition) is 1. The highest BCUT2D eigenvalue weighted by Crippen LogP contribution is 2.21. The van der Waals surface area contributed by atoms with Crippen LogP contribution in [-0.2, 0) is 4.79 Å². The minimum absolute atomic E-state index is 0.154. The summed E-state index contributed by atoms with van der Waals surface area (Å²) in [5.74, 6) is 0.458. The van der Waals surface area contributed by atoms with Crippen LogP contribution >= 0.6 is 11.8 Å². The number of benzene rings is 2. The second-order valence-corrected chi connectivity index (χ2v) is 8.25. The Labute approximate surface area is 185 Å². The zero-order chi connectivity index (χ0) is 21.6. The molecule has 1 amide bonds. The second kappa shape index (κ2) is 9.78. The molecule has 2 aromatic carbocycles. The molecule has 0 unspecified atom stereocenters. The molecule has 1 N–H and O–H groups in total. The summed E-state index contributed by atoms with van der Waals surface area (Å²) >= 11 is 1.27. The number of piperazine rings is 1. The predicted octanol–water partition coefficient (Wildman–Crippen LogP) is 3.98. The summed E-state index contributed by atoms with van der Waals surface area (Å²) in [5, 5.41) is 3.26. The van der Waals surface area contributed by atoms with Crippen LogP contribution in [0.5, 0.6) is 0 Å². The van der Waals surface area contributed by atoms with Crippen molar-refractivity contribution in [2.45, 2.75) is 12.1 Å². The molecular formula is C23H24FN5OS. The fourth-order valence-electron chi connectivity index (χ4n) is 3.41. The summed E-state index contributed by atoms with van der Waals surface area (Å²) < 4.78 is 13.6. The molecule has 4 rings (SSSR count). The number of rotatable bonds is 6. The fourth-order valence-corrected chi connectivity index (χ4v) is 4.03. The summed E-state index contributed by atoms with van der Waals surface area (Å²) in [6, 6.07) is 17.0. The lowest BCUT2D eigenvalue weighted by Gasteiger charge is -2.36. The normalized spacial score (nSPS) is 13.9. The molecule has 6 nitrogen and oxygen atoms in total. The van der Waals surface area contributed by atoms with E-state index in [0.717, 1.165) is 32.0 Å². The molecule has 1 aliphatic rings. The molecule has 0 radical (unpaired) electrons. The number of para-hydroxylation sites is 1. The van der Waals surface area contributed by atoms with Crippen molar-refractivity contribution in [3.8, 4) is 0 Å². The minimum Gasteiger partial charge on any atom is -0.368 e. The van der Waals surface area contributed by atoms with Gasteiger partial charge in [-0.15, -0.1) is 0 Å². The maximum atomic E-state index is 13.6. The number of amides is 1. The third kappa shape index (κ3) is 5.52. The molecule has 0 saturated carbocycles. The van der Waals surface area contributed by atoms with E-state index in [4.69, 9.17) is 0 Å². The number of thioether (sulfide) groups is 1. The summed E-state index contributed by atoms with van der Waals surface area (Å²) in [6.07, 6.45) is 1.72. The van der Waals surface area contributed by atoms with Gasteiger partial charge in [-0.1, -0.05) is 36.0 Å². The van der Waals surface area contributed by atoms with Crippen LogP contribution in [-0.4, -0.2) is 47.8 Å². The van der Waals surface area contributed by atoms with Crippen LogP contribution in [0.3, 0.4) is 0 Å². The molecule has 0 bridgehead atoms. The van der Waals surface area contributed by atoms with Crippen LogP contribution in [0.4, 0.5) is 21.6 Å². The van der Waals surface area contributed by atoms with Crippen LogP contribution in [0, 0.1) is 12.7 Å². The van der Waals surface area contributed by atoms with E-state index < -0.39 is 0 Å². The molecular weight excluding hydrogens is 413 g/mol. The van der Waals surface area contributed by atoms with Gasteiger partial charge < -0.3 is 15.1 Å². The quantitative estimate of drug-likeness (QED) is 0.465. The average Bonchev–Trinajstić information content (AvgIpc) is 2.81. The molecule has 8 heteroatoms. The smallest absolute Gasteiger partial charge is 0.234 e. The van der Waals surface area contributed by atoms with E-state index in [1.165, 1.54) is 23.5 Å². The Morgan fingerprint density at radius 2 is 1.81 bits per heavy atom. The number of aryl methyl sites for hydroxylation is 1. The van der Waals surface area contributed by atoms with Gasteiger partial charge >= 0.3 is 0 Å². The fraction of sp³-hybridized carbons (Fsp3) is 0.261. The zero-order valence-corrected chi connectivity index (χ0v) is 18.1. The SMILES string of the molecule is Cc1ccc(NC(=O)CSc2nccc(N3CCN(c4ccccc4)CC3)n2)cc1F. The van der Waals surface area contributed by atoms with Crippen LogP contribution in [0.1, 0.15) is 5.56 Å². The Morgan fingerprint density at radius 3 is 2.55 bits per heavy atom. The van der Waals surface area contributed by atoms with E-state index in [9.17, 15) is 9.18 Å². The lowest BCUT2D eigenvalue weighted by molar-refractivity contribution is -0.113. The summed E-state index contributed by atoms with van der Waals surface area (Å²) in [4.78, 5) is 25.7. The van der Waals surface area contributed by atoms with Crippen molar-refractivity contribution in [3.63, 3.8) is 0 Å². The van der Waals surface area contributed by atoms with Crippen LogP contribution < -0.4 is 15.1 Å². The molecule has 1 fully saturated rings. The third-order valence-electron chi connectivity index (χ3n) is 5.13. The van der Waals surface area contributed by atoms with E-state index in [1.807, 2.05) is 12.1 Å². The standard InChI is InChI=1S/C23H24FN5OS/c1-17-7-8-18(15-20(17)24)26-22(30)16-31-23-25-10-9-21(27-23)29-13-11-28(12-14-29)19-5-3-2-4-6-19/h2-10,15H,11-14,16H2,1H3,(H,26,30). The Morgan fingerprint density at radius 1 is 1.06 bits per heavy atom. The van der Waals surface area contributed by atoms with Gasteiger partial charge in [0.1, 0.15) is 11.6 Å². The van der Waals surface area contributed by atoms with Gasteiger partial charge in [0, 0.05) is 43.8 Å². The van der Waals surface area contributed by atoms with E-state index in [0.29, 0.717) is 16.4 Å². The Bertz CT molecular complexity index is 1040. The van der Waals surface area contributed by atoms with Gasteiger partial charge in [-0.25, -0.2) is 14.4 Å². The van der Waals surface area contributed by atoms with Gasteiger partial charge in [0.15, 0.2) is 5.16 Å². The molecule has 2 heterocycles. The number of nitrogens with one attached hydrogen (secondary N) is 1. The maximum absolute atomic E-state index is 13.6. The van der Waals surface area contributed by atoms with Crippen LogP contribution in [0.2, 0.25) is 0 Å². The molecule has 160 valence electrons. The van der Waals surface area contributed by atoms with Gasteiger partial charge in [0.2, 0.25) is 5.91 Å². The monoisotopic (exact) mass is 437 g/mol. The third-order valence-corrected chi connectivity index (χ3v) is 5.99. The van der Waals surface area contributed by atoms with Gasteiger partial charge in [-0.2, -0.15) is 0 Å². The summed E-state index contributed by atoms with van der Waals surface area (Å²) in [5.41, 5.74) is 2.22. The van der Waals surface area contributed by atoms with Crippen molar-refractivity contribution in [2.24, 2.45) is 0 Å². The first-order valence-corrected chi connectivity index (χ1v) is 11.1. The van der Waals surface area contributed by atoms with Crippen molar-refractivity contribution in [3.05, 3.63) is 72.2 Å². The molecule has 31 heavy (non-hydrogen) atoms. The van der Waals surface area contributed by atoms with E-state index in [2.05, 4.69) is 49.4 Å². The Balaban J connectivity index is 1.30. The predicted molar refractivity (Wildman–Crippen MR) is 123 cm³/mol. The first-order valence-electron chi connectivity index (χ1n) is 10.2. The van der Waals surface area contributed by atoms with E-state index >= 15 is 0 Å². The van der Waals surface area contributed by atoms with Crippen molar-refractivity contribution in [1.29, 1.82) is 0 Å². The van der Waals surface area contributed by atoms with Crippen molar-refractivity contribution < 1.29 is 9.18 Å². The topological polar surface area (TPSA) is 61.4 Å². The highest BCUT2D eigenvalue weighted by Gasteiger charge is 2.19. The Hall–Kier alpha value is -3.13. The van der Waals surface area contributed by atoms with Crippen molar-refractivity contribution in [2.75, 3.05) is 47.0 Å². The van der Waals surface area contributed by atoms with Crippen molar-refractivity contribution >= 4 is 34.9 Å². The largest absolute Gasteiger partial charge is 0.368 e. The molecule has 0 atom stereocenters. The number of nitrogens with zero attached hydrogens (tertiary/aromatic N) is 4. The molecule has 1 aliphatic heterocycles. The summed E-state index contributed by atoms with van der Waals surface area (Å²) in [7, 11) is 0. The average molecular weight is 438 g/mol. The highest BCUT2D eigenvalue weighted by molar-refractivity contribution is 7.99. The molecule has 1 aromatic heterocycles. The molecule has 3 aromatic rings.